The predicted octanol–water partition coefficient (Wildman–Crippen LogP) is 3.66. The number of hydrogen-bond acceptors (Lipinski definition) is 4. The lowest BCUT2D eigenvalue weighted by Crippen LogP contribution is -2.14. The highest BCUT2D eigenvalue weighted by molar-refractivity contribution is 9.10. The molecule has 0 N–H and O–H groups in total. The Morgan fingerprint density at radius 1 is 1.42 bits per heavy atom. The number of pyridine rings is 1. The number of benzene rings is 1. The van der Waals surface area contributed by atoms with Gasteiger partial charge in [0.2, 0.25) is 5.82 Å². The SMILES string of the molecule is CN(c1ccccc1F)c1ncc(Br)cc1[N+](=O)[O-]. The Morgan fingerprint density at radius 3 is 2.74 bits per heavy atom. The second kappa shape index (κ2) is 5.31. The second-order valence-corrected chi connectivity index (χ2v) is 4.68. The zero-order chi connectivity index (χ0) is 14.0. The summed E-state index contributed by atoms with van der Waals surface area (Å²) in [6.07, 6.45) is 1.43. The van der Waals surface area contributed by atoms with Crippen LogP contribution in [0.3, 0.4) is 0 Å². The molecule has 0 atom stereocenters. The molecule has 1 heterocycles. The molecule has 0 radical (unpaired) electrons. The smallest absolute Gasteiger partial charge is 0.313 e. The van der Waals surface area contributed by atoms with Crippen LogP contribution in [-0.4, -0.2) is 17.0 Å². The highest BCUT2D eigenvalue weighted by Gasteiger charge is 2.21. The monoisotopic (exact) mass is 325 g/mol. The van der Waals surface area contributed by atoms with Crippen molar-refractivity contribution in [3.05, 3.63) is 56.9 Å². The van der Waals surface area contributed by atoms with Crippen LogP contribution in [0.2, 0.25) is 0 Å². The number of hydrogen-bond donors (Lipinski definition) is 0. The van der Waals surface area contributed by atoms with E-state index in [0.717, 1.165) is 0 Å². The molecular weight excluding hydrogens is 317 g/mol. The molecule has 5 nitrogen and oxygen atoms in total. The van der Waals surface area contributed by atoms with E-state index in [4.69, 9.17) is 0 Å². The van der Waals surface area contributed by atoms with Gasteiger partial charge < -0.3 is 4.90 Å². The number of rotatable bonds is 3. The van der Waals surface area contributed by atoms with Gasteiger partial charge in [0.1, 0.15) is 5.82 Å². The number of nitro groups is 1. The molecule has 0 aliphatic heterocycles. The predicted molar refractivity (Wildman–Crippen MR) is 73.1 cm³/mol. The summed E-state index contributed by atoms with van der Waals surface area (Å²) in [6.45, 7) is 0. The van der Waals surface area contributed by atoms with Crippen LogP contribution in [0.5, 0.6) is 0 Å². The molecule has 7 heteroatoms. The van der Waals surface area contributed by atoms with Gasteiger partial charge in [-0.1, -0.05) is 12.1 Å². The Morgan fingerprint density at radius 2 is 2.11 bits per heavy atom. The minimum atomic E-state index is -0.551. The molecule has 0 saturated heterocycles. The molecule has 0 spiro atoms. The normalized spacial score (nSPS) is 10.3. The first kappa shape index (κ1) is 13.4. The molecule has 19 heavy (non-hydrogen) atoms. The third-order valence-electron chi connectivity index (χ3n) is 2.54. The van der Waals surface area contributed by atoms with Crippen molar-refractivity contribution in [1.82, 2.24) is 4.98 Å². The Hall–Kier alpha value is -2.02. The molecule has 0 saturated carbocycles. The van der Waals surface area contributed by atoms with Gasteiger partial charge in [0.25, 0.3) is 0 Å². The van der Waals surface area contributed by atoms with Crippen molar-refractivity contribution in [2.45, 2.75) is 0 Å². The van der Waals surface area contributed by atoms with Gasteiger partial charge >= 0.3 is 5.69 Å². The van der Waals surface area contributed by atoms with Gasteiger partial charge in [-0.25, -0.2) is 9.37 Å². The molecule has 0 fully saturated rings. The zero-order valence-electron chi connectivity index (χ0n) is 9.88. The minimum absolute atomic E-state index is 0.0818. The molecule has 1 aromatic carbocycles. The summed E-state index contributed by atoms with van der Waals surface area (Å²) in [4.78, 5) is 15.8. The van der Waals surface area contributed by atoms with Gasteiger partial charge in [-0.3, -0.25) is 10.1 Å². The summed E-state index contributed by atoms with van der Waals surface area (Å²) in [5, 5.41) is 11.0. The largest absolute Gasteiger partial charge is 0.321 e. The van der Waals surface area contributed by atoms with E-state index < -0.39 is 10.7 Å². The number of para-hydroxylation sites is 1. The summed E-state index contributed by atoms with van der Waals surface area (Å²) in [7, 11) is 1.53. The Balaban J connectivity index is 2.53. The summed E-state index contributed by atoms with van der Waals surface area (Å²) in [5.74, 6) is -0.387. The third-order valence-corrected chi connectivity index (χ3v) is 2.98. The quantitative estimate of drug-likeness (QED) is 0.638. The Bertz CT molecular complexity index is 636. The Labute approximate surface area is 117 Å². The van der Waals surface area contributed by atoms with Gasteiger partial charge in [0.15, 0.2) is 0 Å². The van der Waals surface area contributed by atoms with Crippen LogP contribution >= 0.6 is 15.9 Å². The Kier molecular flexibility index (Phi) is 3.75. The molecule has 0 aliphatic rings. The van der Waals surface area contributed by atoms with E-state index in [1.807, 2.05) is 0 Å². The third kappa shape index (κ3) is 2.70. The van der Waals surface area contributed by atoms with Crippen molar-refractivity contribution in [3.8, 4) is 0 Å². The van der Waals surface area contributed by atoms with E-state index in [2.05, 4.69) is 20.9 Å². The molecule has 98 valence electrons. The highest BCUT2D eigenvalue weighted by Crippen LogP contribution is 2.33. The average Bonchev–Trinajstić information content (AvgIpc) is 2.38. The number of anilines is 2. The van der Waals surface area contributed by atoms with Gasteiger partial charge in [-0.05, 0) is 28.1 Å². The first-order chi connectivity index (χ1) is 9.00. The van der Waals surface area contributed by atoms with Crippen molar-refractivity contribution in [2.24, 2.45) is 0 Å². The summed E-state index contributed by atoms with van der Waals surface area (Å²) >= 11 is 3.12. The maximum absolute atomic E-state index is 13.7. The van der Waals surface area contributed by atoms with Crippen LogP contribution in [0.25, 0.3) is 0 Å². The fourth-order valence-corrected chi connectivity index (χ4v) is 1.97. The van der Waals surface area contributed by atoms with E-state index in [9.17, 15) is 14.5 Å². The van der Waals surface area contributed by atoms with Crippen LogP contribution < -0.4 is 4.90 Å². The molecule has 0 unspecified atom stereocenters. The summed E-state index contributed by atoms with van der Waals surface area (Å²) in [6, 6.07) is 7.36. The van der Waals surface area contributed by atoms with Crippen LogP contribution in [0.4, 0.5) is 21.6 Å². The number of aromatic nitrogens is 1. The molecular formula is C12H9BrFN3O2. The standard InChI is InChI=1S/C12H9BrFN3O2/c1-16(10-5-3-2-4-9(10)14)12-11(17(18)19)6-8(13)7-15-12/h2-7H,1H3. The number of halogens is 2. The lowest BCUT2D eigenvalue weighted by molar-refractivity contribution is -0.384. The van der Waals surface area contributed by atoms with Crippen molar-refractivity contribution in [1.29, 1.82) is 0 Å². The van der Waals surface area contributed by atoms with Crippen molar-refractivity contribution in [2.75, 3.05) is 11.9 Å². The van der Waals surface area contributed by atoms with Gasteiger partial charge in [-0.2, -0.15) is 0 Å². The fourth-order valence-electron chi connectivity index (χ4n) is 1.65. The van der Waals surface area contributed by atoms with Gasteiger partial charge in [-0.15, -0.1) is 0 Å². The van der Waals surface area contributed by atoms with E-state index in [0.29, 0.717) is 4.47 Å². The highest BCUT2D eigenvalue weighted by atomic mass is 79.9. The lowest BCUT2D eigenvalue weighted by Gasteiger charge is -2.18. The molecule has 0 aliphatic carbocycles. The number of nitrogens with zero attached hydrogens (tertiary/aromatic N) is 3. The van der Waals surface area contributed by atoms with Crippen LogP contribution in [-0.2, 0) is 0 Å². The van der Waals surface area contributed by atoms with Gasteiger partial charge in [0, 0.05) is 23.8 Å². The molecule has 0 bridgehead atoms. The maximum Gasteiger partial charge on any atom is 0.313 e. The molecule has 2 rings (SSSR count). The average molecular weight is 326 g/mol. The second-order valence-electron chi connectivity index (χ2n) is 3.76. The summed E-state index contributed by atoms with van der Waals surface area (Å²) in [5.41, 5.74) is 0.0283. The lowest BCUT2D eigenvalue weighted by atomic mass is 10.2. The maximum atomic E-state index is 13.7. The van der Waals surface area contributed by atoms with E-state index in [1.165, 1.54) is 36.3 Å². The minimum Gasteiger partial charge on any atom is -0.321 e. The van der Waals surface area contributed by atoms with Crippen LogP contribution in [0.15, 0.2) is 41.0 Å². The first-order valence-corrected chi connectivity index (χ1v) is 6.08. The van der Waals surface area contributed by atoms with Crippen LogP contribution in [0.1, 0.15) is 0 Å². The molecule has 1 aromatic heterocycles. The summed E-state index contributed by atoms with van der Waals surface area (Å²) < 4.78 is 14.2. The van der Waals surface area contributed by atoms with Crippen molar-refractivity contribution >= 4 is 33.1 Å². The van der Waals surface area contributed by atoms with Gasteiger partial charge in [0.05, 0.1) is 10.6 Å². The topological polar surface area (TPSA) is 59.3 Å². The first-order valence-electron chi connectivity index (χ1n) is 5.29. The van der Waals surface area contributed by atoms with E-state index in [-0.39, 0.29) is 17.2 Å². The van der Waals surface area contributed by atoms with Crippen molar-refractivity contribution < 1.29 is 9.31 Å². The van der Waals surface area contributed by atoms with Crippen molar-refractivity contribution in [3.63, 3.8) is 0 Å². The zero-order valence-corrected chi connectivity index (χ0v) is 11.5. The fraction of sp³-hybridized carbons (Fsp3) is 0.0833. The molecule has 2 aromatic rings. The van der Waals surface area contributed by atoms with E-state index >= 15 is 0 Å². The van der Waals surface area contributed by atoms with E-state index in [1.54, 1.807) is 12.1 Å². The molecule has 0 amide bonds. The van der Waals surface area contributed by atoms with Crippen LogP contribution in [0, 0.1) is 15.9 Å².